The fourth-order valence-electron chi connectivity index (χ4n) is 3.52. The highest BCUT2D eigenvalue weighted by molar-refractivity contribution is 7.18. The van der Waals surface area contributed by atoms with Crippen molar-refractivity contribution in [3.63, 3.8) is 0 Å². The molecule has 0 saturated heterocycles. The fraction of sp³-hybridized carbons (Fsp3) is 0.200. The molecule has 2 aromatic carbocycles. The molecular formula is C25H20N2O7S. The van der Waals surface area contributed by atoms with E-state index in [1.165, 1.54) is 12.1 Å². The van der Waals surface area contributed by atoms with Gasteiger partial charge in [0.1, 0.15) is 35.8 Å². The van der Waals surface area contributed by atoms with Gasteiger partial charge in [0.05, 0.1) is 17.7 Å². The summed E-state index contributed by atoms with van der Waals surface area (Å²) in [5.74, 6) is -0.867. The number of ketones is 1. The lowest BCUT2D eigenvalue weighted by Crippen LogP contribution is -2.17. The first kappa shape index (κ1) is 23.8. The van der Waals surface area contributed by atoms with Gasteiger partial charge in [-0.3, -0.25) is 4.79 Å². The highest BCUT2D eigenvalue weighted by Crippen LogP contribution is 2.33. The summed E-state index contributed by atoms with van der Waals surface area (Å²) in [6, 6.07) is 13.0. The quantitative estimate of drug-likeness (QED) is 0.386. The van der Waals surface area contributed by atoms with E-state index in [4.69, 9.17) is 24.7 Å². The Labute approximate surface area is 204 Å². The number of thiophene rings is 1. The molecule has 1 aliphatic rings. The number of hydrogen-bond donors (Lipinski definition) is 1. The molecule has 2 N–H and O–H groups in total. The SMILES string of the molecule is CCOC(=O)c1sc(N)c(C#N)c1COC(=O)c1ccccc1C(=O)c1ccc2c(c1)OCCO2. The van der Waals surface area contributed by atoms with E-state index in [1.54, 1.807) is 37.3 Å². The first-order chi connectivity index (χ1) is 16.9. The number of nitrogen functional groups attached to an aromatic ring is 1. The smallest absolute Gasteiger partial charge is 0.348 e. The lowest BCUT2D eigenvalue weighted by atomic mass is 9.98. The van der Waals surface area contributed by atoms with Crippen molar-refractivity contribution in [1.82, 2.24) is 0 Å². The van der Waals surface area contributed by atoms with Crippen LogP contribution in [-0.2, 0) is 16.1 Å². The second-order valence-corrected chi connectivity index (χ2v) is 8.34. The monoisotopic (exact) mass is 492 g/mol. The van der Waals surface area contributed by atoms with E-state index >= 15 is 0 Å². The molecule has 0 bridgehead atoms. The number of carbonyl (C=O) groups is 3. The van der Waals surface area contributed by atoms with E-state index < -0.39 is 24.3 Å². The predicted molar refractivity (Wildman–Crippen MR) is 126 cm³/mol. The summed E-state index contributed by atoms with van der Waals surface area (Å²) in [5, 5.41) is 9.58. The lowest BCUT2D eigenvalue weighted by Gasteiger charge is -2.18. The third-order valence-electron chi connectivity index (χ3n) is 5.15. The minimum Gasteiger partial charge on any atom is -0.486 e. The number of carbonyl (C=O) groups excluding carboxylic acids is 3. The minimum absolute atomic E-state index is 0.0341. The predicted octanol–water partition coefficient (Wildman–Crippen LogP) is 3.74. The molecule has 1 aliphatic heterocycles. The Balaban J connectivity index is 1.58. The van der Waals surface area contributed by atoms with Crippen LogP contribution in [0.25, 0.3) is 0 Å². The van der Waals surface area contributed by atoms with Gasteiger partial charge in [-0.1, -0.05) is 18.2 Å². The Morgan fingerprint density at radius 2 is 1.74 bits per heavy atom. The van der Waals surface area contributed by atoms with E-state index in [-0.39, 0.29) is 38.7 Å². The topological polar surface area (TPSA) is 138 Å². The number of ether oxygens (including phenoxy) is 4. The van der Waals surface area contributed by atoms with Crippen molar-refractivity contribution in [2.24, 2.45) is 0 Å². The van der Waals surface area contributed by atoms with Crippen LogP contribution < -0.4 is 15.2 Å². The number of nitriles is 1. The Morgan fingerprint density at radius 1 is 1.03 bits per heavy atom. The summed E-state index contributed by atoms with van der Waals surface area (Å²) in [6.45, 7) is 2.19. The number of nitrogens with zero attached hydrogens (tertiary/aromatic N) is 1. The molecule has 10 heteroatoms. The molecule has 1 aromatic heterocycles. The number of nitrogens with two attached hydrogens (primary N) is 1. The Bertz CT molecular complexity index is 1360. The number of benzene rings is 2. The molecule has 35 heavy (non-hydrogen) atoms. The molecule has 0 fully saturated rings. The second-order valence-electron chi connectivity index (χ2n) is 7.29. The maximum absolute atomic E-state index is 13.2. The van der Waals surface area contributed by atoms with Gasteiger partial charge in [-0.25, -0.2) is 9.59 Å². The third kappa shape index (κ3) is 4.81. The summed E-state index contributed by atoms with van der Waals surface area (Å²) in [6.07, 6.45) is 0. The van der Waals surface area contributed by atoms with E-state index in [1.807, 2.05) is 6.07 Å². The van der Waals surface area contributed by atoms with Crippen LogP contribution in [0.15, 0.2) is 42.5 Å². The molecular weight excluding hydrogens is 472 g/mol. The second kappa shape index (κ2) is 10.3. The number of fused-ring (bicyclic) bond motifs is 1. The van der Waals surface area contributed by atoms with Gasteiger partial charge >= 0.3 is 11.9 Å². The summed E-state index contributed by atoms with van der Waals surface area (Å²) in [7, 11) is 0. The van der Waals surface area contributed by atoms with Gasteiger partial charge in [0.2, 0.25) is 0 Å². The zero-order chi connectivity index (χ0) is 24.9. The summed E-state index contributed by atoms with van der Waals surface area (Å²) in [5.41, 5.74) is 6.56. The molecule has 0 spiro atoms. The van der Waals surface area contributed by atoms with Gasteiger partial charge < -0.3 is 24.7 Å². The number of anilines is 1. The zero-order valence-corrected chi connectivity index (χ0v) is 19.5. The van der Waals surface area contributed by atoms with Crippen LogP contribution in [0.5, 0.6) is 11.5 Å². The van der Waals surface area contributed by atoms with Crippen LogP contribution in [0, 0.1) is 11.3 Å². The standard InChI is InChI=1S/C25H20N2O7S/c1-2-31-25(30)22-18(17(12-26)23(27)35-22)13-34-24(29)16-6-4-3-5-15(16)21(28)14-7-8-19-20(11-14)33-10-9-32-19/h3-8,11H,2,9-10,13,27H2,1H3. The van der Waals surface area contributed by atoms with Crippen LogP contribution >= 0.6 is 11.3 Å². The maximum atomic E-state index is 13.2. The van der Waals surface area contributed by atoms with Crippen molar-refractivity contribution >= 4 is 34.1 Å². The van der Waals surface area contributed by atoms with Gasteiger partial charge in [-0.2, -0.15) is 5.26 Å². The van der Waals surface area contributed by atoms with Gasteiger partial charge in [-0.05, 0) is 31.2 Å². The normalized spacial score (nSPS) is 11.9. The van der Waals surface area contributed by atoms with Crippen LogP contribution in [0.3, 0.4) is 0 Å². The third-order valence-corrected chi connectivity index (χ3v) is 6.19. The number of hydrogen-bond acceptors (Lipinski definition) is 10. The molecule has 2 heterocycles. The maximum Gasteiger partial charge on any atom is 0.348 e. The average molecular weight is 493 g/mol. The molecule has 4 rings (SSSR count). The molecule has 0 amide bonds. The lowest BCUT2D eigenvalue weighted by molar-refractivity contribution is 0.0451. The van der Waals surface area contributed by atoms with E-state index in [9.17, 15) is 19.6 Å². The largest absolute Gasteiger partial charge is 0.486 e. The van der Waals surface area contributed by atoms with Crippen molar-refractivity contribution in [1.29, 1.82) is 5.26 Å². The van der Waals surface area contributed by atoms with Gasteiger partial charge in [0.15, 0.2) is 17.3 Å². The Morgan fingerprint density at radius 3 is 2.46 bits per heavy atom. The van der Waals surface area contributed by atoms with Crippen LogP contribution in [0.4, 0.5) is 5.00 Å². The fourth-order valence-corrected chi connectivity index (χ4v) is 4.44. The molecule has 0 saturated carbocycles. The van der Waals surface area contributed by atoms with Gasteiger partial charge in [-0.15, -0.1) is 11.3 Å². The van der Waals surface area contributed by atoms with Crippen molar-refractivity contribution < 1.29 is 33.3 Å². The summed E-state index contributed by atoms with van der Waals surface area (Å²) >= 11 is 0.891. The first-order valence-electron chi connectivity index (χ1n) is 10.6. The van der Waals surface area contributed by atoms with Crippen molar-refractivity contribution in [2.45, 2.75) is 13.5 Å². The molecule has 0 aliphatic carbocycles. The van der Waals surface area contributed by atoms with Crippen molar-refractivity contribution in [3.8, 4) is 17.6 Å². The molecule has 3 aromatic rings. The Hall–Kier alpha value is -4.36. The van der Waals surface area contributed by atoms with Gasteiger partial charge in [0.25, 0.3) is 0 Å². The molecule has 0 unspecified atom stereocenters. The van der Waals surface area contributed by atoms with E-state index in [0.717, 1.165) is 11.3 Å². The van der Waals surface area contributed by atoms with Crippen LogP contribution in [0.1, 0.15) is 54.0 Å². The van der Waals surface area contributed by atoms with Crippen LogP contribution in [0.2, 0.25) is 0 Å². The van der Waals surface area contributed by atoms with Crippen molar-refractivity contribution in [3.05, 3.63) is 75.2 Å². The van der Waals surface area contributed by atoms with Gasteiger partial charge in [0, 0.05) is 16.7 Å². The summed E-state index contributed by atoms with van der Waals surface area (Å²) in [4.78, 5) is 38.6. The average Bonchev–Trinajstić information content (AvgIpc) is 3.21. The van der Waals surface area contributed by atoms with Crippen molar-refractivity contribution in [2.75, 3.05) is 25.6 Å². The Kier molecular flexibility index (Phi) is 6.98. The zero-order valence-electron chi connectivity index (χ0n) is 18.7. The minimum atomic E-state index is -0.796. The van der Waals surface area contributed by atoms with Crippen LogP contribution in [-0.4, -0.2) is 37.5 Å². The van der Waals surface area contributed by atoms with E-state index in [0.29, 0.717) is 30.3 Å². The molecule has 0 radical (unpaired) electrons. The summed E-state index contributed by atoms with van der Waals surface area (Å²) < 4.78 is 21.5. The highest BCUT2D eigenvalue weighted by atomic mass is 32.1. The number of esters is 2. The van der Waals surface area contributed by atoms with E-state index in [2.05, 4.69) is 0 Å². The molecule has 0 atom stereocenters. The molecule has 178 valence electrons. The number of rotatable bonds is 7. The highest BCUT2D eigenvalue weighted by Gasteiger charge is 2.26. The first-order valence-corrected chi connectivity index (χ1v) is 11.4. The molecule has 9 nitrogen and oxygen atoms in total.